The van der Waals surface area contributed by atoms with Crippen LogP contribution in [0.3, 0.4) is 0 Å². The Morgan fingerprint density at radius 1 is 1.17 bits per heavy atom. The summed E-state index contributed by atoms with van der Waals surface area (Å²) >= 11 is 0. The topological polar surface area (TPSA) is 43.4 Å². The molecule has 0 N–H and O–H groups in total. The van der Waals surface area contributed by atoms with E-state index < -0.39 is 0 Å². The van der Waals surface area contributed by atoms with Gasteiger partial charge in [-0.1, -0.05) is 30.3 Å². The molecule has 0 aliphatic carbocycles. The molecule has 3 nitrogen and oxygen atoms in total. The summed E-state index contributed by atoms with van der Waals surface area (Å²) in [4.78, 5) is 23.1. The van der Waals surface area contributed by atoms with Crippen LogP contribution in [0.1, 0.15) is 45.1 Å². The van der Waals surface area contributed by atoms with Crippen molar-refractivity contribution in [2.75, 3.05) is 0 Å². The summed E-state index contributed by atoms with van der Waals surface area (Å²) in [6.07, 6.45) is 0.674. The number of ether oxygens (including phenoxy) is 1. The molecule has 0 saturated heterocycles. The van der Waals surface area contributed by atoms with Gasteiger partial charge in [0.2, 0.25) is 0 Å². The van der Waals surface area contributed by atoms with E-state index in [1.165, 1.54) is 0 Å². The number of carbonyl (C=O) groups is 2. The van der Waals surface area contributed by atoms with E-state index in [0.717, 1.165) is 5.56 Å². The van der Waals surface area contributed by atoms with Crippen LogP contribution in [0.25, 0.3) is 0 Å². The average Bonchev–Trinajstić information content (AvgIpc) is 2.29. The third-order valence-corrected chi connectivity index (χ3v) is 2.70. The second-order valence-electron chi connectivity index (χ2n) is 4.65. The highest BCUT2D eigenvalue weighted by atomic mass is 16.5. The Balaban J connectivity index is 2.60. The maximum absolute atomic E-state index is 11.6. The molecule has 1 rings (SSSR count). The van der Waals surface area contributed by atoms with Gasteiger partial charge in [0.15, 0.2) is 0 Å². The lowest BCUT2D eigenvalue weighted by molar-refractivity contribution is -0.147. The van der Waals surface area contributed by atoms with Crippen molar-refractivity contribution in [2.24, 2.45) is 0 Å². The van der Waals surface area contributed by atoms with Gasteiger partial charge in [0, 0.05) is 12.3 Å². The van der Waals surface area contributed by atoms with Crippen molar-refractivity contribution in [3.05, 3.63) is 35.9 Å². The first-order valence-corrected chi connectivity index (χ1v) is 6.25. The van der Waals surface area contributed by atoms with Crippen LogP contribution in [-0.2, 0) is 14.3 Å². The van der Waals surface area contributed by atoms with Crippen LogP contribution in [0, 0.1) is 0 Å². The Morgan fingerprint density at radius 3 is 2.28 bits per heavy atom. The van der Waals surface area contributed by atoms with Crippen LogP contribution < -0.4 is 0 Å². The Morgan fingerprint density at radius 2 is 1.78 bits per heavy atom. The molecular formula is C15H20O3. The maximum Gasteiger partial charge on any atom is 0.306 e. The summed E-state index contributed by atoms with van der Waals surface area (Å²) in [7, 11) is 0. The molecule has 0 heterocycles. The molecule has 0 radical (unpaired) electrons. The molecule has 1 aromatic carbocycles. The van der Waals surface area contributed by atoms with Gasteiger partial charge in [-0.25, -0.2) is 0 Å². The highest BCUT2D eigenvalue weighted by Crippen LogP contribution is 2.22. The van der Waals surface area contributed by atoms with Crippen molar-refractivity contribution in [2.45, 2.75) is 45.6 Å². The van der Waals surface area contributed by atoms with Gasteiger partial charge in [-0.15, -0.1) is 0 Å². The third-order valence-electron chi connectivity index (χ3n) is 2.70. The molecule has 3 heteroatoms. The number of esters is 1. The zero-order chi connectivity index (χ0) is 13.5. The fourth-order valence-electron chi connectivity index (χ4n) is 1.87. The van der Waals surface area contributed by atoms with Crippen molar-refractivity contribution in [1.82, 2.24) is 0 Å². The summed E-state index contributed by atoms with van der Waals surface area (Å²) in [6.45, 7) is 5.19. The molecular weight excluding hydrogens is 228 g/mol. The first-order valence-electron chi connectivity index (χ1n) is 6.25. The van der Waals surface area contributed by atoms with Crippen molar-refractivity contribution in [3.63, 3.8) is 0 Å². The van der Waals surface area contributed by atoms with Crippen molar-refractivity contribution < 1.29 is 14.3 Å². The molecule has 0 bridgehead atoms. The Labute approximate surface area is 108 Å². The fourth-order valence-corrected chi connectivity index (χ4v) is 1.87. The number of ketones is 1. The van der Waals surface area contributed by atoms with Crippen LogP contribution in [-0.4, -0.2) is 17.9 Å². The normalized spacial score (nSPS) is 12.2. The number of rotatable bonds is 6. The minimum Gasteiger partial charge on any atom is -0.463 e. The number of Topliss-reactive ketones (excluding diaryl/α,β-unsaturated/α-hetero) is 1. The van der Waals surface area contributed by atoms with Gasteiger partial charge in [0.1, 0.15) is 5.78 Å². The second-order valence-corrected chi connectivity index (χ2v) is 4.65. The van der Waals surface area contributed by atoms with Crippen LogP contribution in [0.15, 0.2) is 30.3 Å². The summed E-state index contributed by atoms with van der Waals surface area (Å²) in [5.41, 5.74) is 0.961. The number of hydrogen-bond acceptors (Lipinski definition) is 3. The zero-order valence-electron chi connectivity index (χ0n) is 11.2. The number of carbonyl (C=O) groups excluding carboxylic acids is 2. The zero-order valence-corrected chi connectivity index (χ0v) is 11.2. The molecule has 0 aliphatic rings. The summed E-state index contributed by atoms with van der Waals surface area (Å²) in [6, 6.07) is 9.54. The smallest absolute Gasteiger partial charge is 0.306 e. The Bertz CT molecular complexity index is 395. The van der Waals surface area contributed by atoms with E-state index in [1.807, 2.05) is 44.2 Å². The first-order chi connectivity index (χ1) is 8.50. The predicted octanol–water partition coefficient (Wildman–Crippen LogP) is 3.09. The van der Waals surface area contributed by atoms with E-state index in [9.17, 15) is 9.59 Å². The van der Waals surface area contributed by atoms with E-state index in [-0.39, 0.29) is 30.2 Å². The number of benzene rings is 1. The monoisotopic (exact) mass is 248 g/mol. The van der Waals surface area contributed by atoms with Crippen LogP contribution in [0.2, 0.25) is 0 Å². The van der Waals surface area contributed by atoms with Crippen molar-refractivity contribution >= 4 is 11.8 Å². The lowest BCUT2D eigenvalue weighted by atomic mass is 9.91. The van der Waals surface area contributed by atoms with Gasteiger partial charge in [0.25, 0.3) is 0 Å². The highest BCUT2D eigenvalue weighted by molar-refractivity contribution is 5.84. The molecule has 0 fully saturated rings. The second kappa shape index (κ2) is 6.94. The molecule has 18 heavy (non-hydrogen) atoms. The van der Waals surface area contributed by atoms with E-state index in [4.69, 9.17) is 4.74 Å². The third kappa shape index (κ3) is 4.70. The maximum atomic E-state index is 11.6. The van der Waals surface area contributed by atoms with Crippen LogP contribution in [0.5, 0.6) is 0 Å². The molecule has 0 spiro atoms. The molecule has 0 aromatic heterocycles. The van der Waals surface area contributed by atoms with Gasteiger partial charge in [-0.3, -0.25) is 9.59 Å². The highest BCUT2D eigenvalue weighted by Gasteiger charge is 2.18. The van der Waals surface area contributed by atoms with E-state index in [0.29, 0.717) is 6.42 Å². The summed E-state index contributed by atoms with van der Waals surface area (Å²) in [5, 5.41) is 0. The Hall–Kier alpha value is -1.64. The molecule has 1 aromatic rings. The molecule has 0 amide bonds. The standard InChI is InChI=1S/C15H20O3/c1-11(2)18-15(17)10-9-14(12(3)16)13-7-5-4-6-8-13/h4-8,11,14H,9-10H2,1-3H3. The minimum absolute atomic E-state index is 0.0820. The summed E-state index contributed by atoms with van der Waals surface area (Å²) < 4.78 is 5.07. The van der Waals surface area contributed by atoms with Gasteiger partial charge >= 0.3 is 5.97 Å². The fraction of sp³-hybridized carbons (Fsp3) is 0.467. The summed E-state index contributed by atoms with van der Waals surface area (Å²) in [5.74, 6) is -0.378. The van der Waals surface area contributed by atoms with Gasteiger partial charge < -0.3 is 4.74 Å². The molecule has 98 valence electrons. The molecule has 0 aliphatic heterocycles. The van der Waals surface area contributed by atoms with Crippen LogP contribution in [0.4, 0.5) is 0 Å². The first kappa shape index (κ1) is 14.4. The van der Waals surface area contributed by atoms with Crippen molar-refractivity contribution in [1.29, 1.82) is 0 Å². The van der Waals surface area contributed by atoms with Crippen LogP contribution >= 0.6 is 0 Å². The quantitative estimate of drug-likeness (QED) is 0.726. The molecule has 0 saturated carbocycles. The average molecular weight is 248 g/mol. The van der Waals surface area contributed by atoms with Crippen molar-refractivity contribution in [3.8, 4) is 0 Å². The predicted molar refractivity (Wildman–Crippen MR) is 70.3 cm³/mol. The van der Waals surface area contributed by atoms with E-state index in [2.05, 4.69) is 0 Å². The largest absolute Gasteiger partial charge is 0.463 e. The lowest BCUT2D eigenvalue weighted by Crippen LogP contribution is -2.15. The van der Waals surface area contributed by atoms with Gasteiger partial charge in [-0.05, 0) is 32.8 Å². The minimum atomic E-state index is -0.243. The lowest BCUT2D eigenvalue weighted by Gasteiger charge is -2.14. The Kier molecular flexibility index (Phi) is 5.56. The SMILES string of the molecule is CC(=O)C(CCC(=O)OC(C)C)c1ccccc1. The molecule has 1 unspecified atom stereocenters. The van der Waals surface area contributed by atoms with E-state index in [1.54, 1.807) is 6.92 Å². The van der Waals surface area contributed by atoms with Gasteiger partial charge in [0.05, 0.1) is 6.10 Å². The molecule has 1 atom stereocenters. The number of hydrogen-bond donors (Lipinski definition) is 0. The van der Waals surface area contributed by atoms with Gasteiger partial charge in [-0.2, -0.15) is 0 Å². The van der Waals surface area contributed by atoms with E-state index >= 15 is 0 Å².